The second kappa shape index (κ2) is 5.73. The van der Waals surface area contributed by atoms with Crippen LogP contribution in [0.3, 0.4) is 0 Å². The number of anilines is 2. The molecule has 2 aromatic rings. The zero-order chi connectivity index (χ0) is 16.6. The maximum atomic E-state index is 12.7. The molecule has 0 atom stereocenters. The molecule has 1 aromatic heterocycles. The third kappa shape index (κ3) is 3.10. The van der Waals surface area contributed by atoms with Gasteiger partial charge in [-0.15, -0.1) is 0 Å². The normalized spacial score (nSPS) is 14.1. The van der Waals surface area contributed by atoms with Crippen LogP contribution in [-0.4, -0.2) is 33.6 Å². The van der Waals surface area contributed by atoms with E-state index in [1.54, 1.807) is 25.3 Å². The Balaban J connectivity index is 2.00. The summed E-state index contributed by atoms with van der Waals surface area (Å²) >= 11 is 0. The Morgan fingerprint density at radius 3 is 2.78 bits per heavy atom. The third-order valence-corrected chi connectivity index (χ3v) is 5.29. The number of aromatic nitrogens is 1. The Kier molecular flexibility index (Phi) is 3.89. The molecule has 0 bridgehead atoms. The van der Waals surface area contributed by atoms with Gasteiger partial charge in [-0.2, -0.15) is 0 Å². The number of likely N-dealkylation sites (N-methyl/N-ethyl adjacent to an activating group) is 1. The van der Waals surface area contributed by atoms with E-state index in [1.165, 1.54) is 0 Å². The minimum atomic E-state index is -3.72. The summed E-state index contributed by atoms with van der Waals surface area (Å²) in [4.78, 5) is 6.31. The fraction of sp³-hybridized carbons (Fsp3) is 0.312. The highest BCUT2D eigenvalue weighted by atomic mass is 32.2. The third-order valence-electron chi connectivity index (χ3n) is 3.80. The first kappa shape index (κ1) is 15.6. The first-order valence-electron chi connectivity index (χ1n) is 7.31. The molecule has 1 N–H and O–H groups in total. The number of rotatable bonds is 3. The summed E-state index contributed by atoms with van der Waals surface area (Å²) in [6.45, 7) is 4.98. The maximum Gasteiger partial charge on any atom is 0.263 e. The van der Waals surface area contributed by atoms with Crippen molar-refractivity contribution in [3.05, 3.63) is 41.6 Å². The highest BCUT2D eigenvalue weighted by Gasteiger charge is 2.23. The van der Waals surface area contributed by atoms with Crippen molar-refractivity contribution in [3.8, 4) is 5.75 Å². The quantitative estimate of drug-likeness (QED) is 0.933. The van der Waals surface area contributed by atoms with Gasteiger partial charge in [0, 0.05) is 19.3 Å². The van der Waals surface area contributed by atoms with Crippen molar-refractivity contribution in [2.24, 2.45) is 0 Å². The van der Waals surface area contributed by atoms with E-state index in [2.05, 4.69) is 14.6 Å². The highest BCUT2D eigenvalue weighted by molar-refractivity contribution is 7.92. The molecule has 7 heteroatoms. The van der Waals surface area contributed by atoms with Gasteiger partial charge < -0.3 is 9.64 Å². The number of sulfonamides is 1. The van der Waals surface area contributed by atoms with Crippen molar-refractivity contribution in [2.75, 3.05) is 29.8 Å². The molecule has 1 aliphatic heterocycles. The van der Waals surface area contributed by atoms with E-state index in [0.29, 0.717) is 23.7 Å². The minimum Gasteiger partial charge on any atom is -0.490 e. The SMILES string of the molecule is Cc1ccnc(NS(=O)(=O)c2cc3c(cc2C)N(C)CCO3)c1. The molecule has 0 fully saturated rings. The standard InChI is InChI=1S/C16H19N3O3S/c1-11-4-5-17-16(8-11)18-23(20,21)15-10-14-13(9-12(15)2)19(3)6-7-22-14/h4-5,8-10H,6-7H2,1-3H3,(H,17,18). The summed E-state index contributed by atoms with van der Waals surface area (Å²) in [6, 6.07) is 6.92. The molecular formula is C16H19N3O3S. The lowest BCUT2D eigenvalue weighted by Gasteiger charge is -2.28. The van der Waals surface area contributed by atoms with Crippen LogP contribution in [0.4, 0.5) is 11.5 Å². The fourth-order valence-corrected chi connectivity index (χ4v) is 3.80. The summed E-state index contributed by atoms with van der Waals surface area (Å²) in [6.07, 6.45) is 1.57. The molecule has 2 heterocycles. The van der Waals surface area contributed by atoms with Crippen molar-refractivity contribution in [1.29, 1.82) is 0 Å². The van der Waals surface area contributed by atoms with Gasteiger partial charge in [0.2, 0.25) is 0 Å². The van der Waals surface area contributed by atoms with Crippen molar-refractivity contribution in [2.45, 2.75) is 18.7 Å². The summed E-state index contributed by atoms with van der Waals surface area (Å²) < 4.78 is 33.5. The average molecular weight is 333 g/mol. The number of nitrogens with zero attached hydrogens (tertiary/aromatic N) is 2. The zero-order valence-corrected chi connectivity index (χ0v) is 14.1. The van der Waals surface area contributed by atoms with Crippen molar-refractivity contribution in [3.63, 3.8) is 0 Å². The molecule has 3 rings (SSSR count). The van der Waals surface area contributed by atoms with Crippen LogP contribution >= 0.6 is 0 Å². The molecule has 0 radical (unpaired) electrons. The predicted molar refractivity (Wildman–Crippen MR) is 89.7 cm³/mol. The number of hydrogen-bond acceptors (Lipinski definition) is 5. The van der Waals surface area contributed by atoms with Gasteiger partial charge in [-0.1, -0.05) is 0 Å². The van der Waals surface area contributed by atoms with Gasteiger partial charge in [0.15, 0.2) is 0 Å². The van der Waals surface area contributed by atoms with E-state index in [1.807, 2.05) is 26.1 Å². The Morgan fingerprint density at radius 1 is 1.26 bits per heavy atom. The zero-order valence-electron chi connectivity index (χ0n) is 13.3. The van der Waals surface area contributed by atoms with E-state index >= 15 is 0 Å². The Morgan fingerprint density at radius 2 is 2.04 bits per heavy atom. The van der Waals surface area contributed by atoms with Crippen LogP contribution in [-0.2, 0) is 10.0 Å². The Bertz CT molecular complexity index is 850. The summed E-state index contributed by atoms with van der Waals surface area (Å²) in [7, 11) is -1.76. The predicted octanol–water partition coefficient (Wildman–Crippen LogP) is 2.33. The molecule has 0 amide bonds. The van der Waals surface area contributed by atoms with E-state index in [4.69, 9.17) is 4.74 Å². The first-order valence-corrected chi connectivity index (χ1v) is 8.79. The second-order valence-electron chi connectivity index (χ2n) is 5.68. The smallest absolute Gasteiger partial charge is 0.263 e. The number of aryl methyl sites for hydroxylation is 2. The van der Waals surface area contributed by atoms with Gasteiger partial charge in [0.25, 0.3) is 10.0 Å². The summed E-state index contributed by atoms with van der Waals surface area (Å²) in [5, 5.41) is 0. The van der Waals surface area contributed by atoms with Crippen LogP contribution < -0.4 is 14.4 Å². The molecule has 0 unspecified atom stereocenters. The molecule has 1 aromatic carbocycles. The van der Waals surface area contributed by atoms with E-state index in [9.17, 15) is 8.42 Å². The molecule has 6 nitrogen and oxygen atoms in total. The van der Waals surface area contributed by atoms with Gasteiger partial charge in [-0.3, -0.25) is 4.72 Å². The fourth-order valence-electron chi connectivity index (χ4n) is 2.56. The number of nitrogens with one attached hydrogen (secondary N) is 1. The largest absolute Gasteiger partial charge is 0.490 e. The topological polar surface area (TPSA) is 71.5 Å². The molecule has 122 valence electrons. The molecule has 0 saturated heterocycles. The van der Waals surface area contributed by atoms with Crippen molar-refractivity contribution >= 4 is 21.5 Å². The summed E-state index contributed by atoms with van der Waals surface area (Å²) in [5.41, 5.74) is 2.51. The Labute approximate surface area is 136 Å². The van der Waals surface area contributed by atoms with E-state index in [-0.39, 0.29) is 4.90 Å². The van der Waals surface area contributed by atoms with Crippen LogP contribution in [0.5, 0.6) is 5.75 Å². The highest BCUT2D eigenvalue weighted by Crippen LogP contribution is 2.35. The molecule has 0 saturated carbocycles. The molecule has 0 aliphatic carbocycles. The van der Waals surface area contributed by atoms with Crippen LogP contribution in [0.15, 0.2) is 35.4 Å². The number of fused-ring (bicyclic) bond motifs is 1. The monoisotopic (exact) mass is 333 g/mol. The second-order valence-corrected chi connectivity index (χ2v) is 7.33. The molecule has 23 heavy (non-hydrogen) atoms. The van der Waals surface area contributed by atoms with Crippen molar-refractivity contribution in [1.82, 2.24) is 4.98 Å². The van der Waals surface area contributed by atoms with Gasteiger partial charge >= 0.3 is 0 Å². The van der Waals surface area contributed by atoms with E-state index in [0.717, 1.165) is 17.8 Å². The number of hydrogen-bond donors (Lipinski definition) is 1. The Hall–Kier alpha value is -2.28. The lowest BCUT2D eigenvalue weighted by atomic mass is 10.2. The van der Waals surface area contributed by atoms with Crippen LogP contribution in [0.1, 0.15) is 11.1 Å². The molecule has 1 aliphatic rings. The number of pyridine rings is 1. The number of ether oxygens (including phenoxy) is 1. The van der Waals surface area contributed by atoms with Gasteiger partial charge in [-0.05, 0) is 43.2 Å². The van der Waals surface area contributed by atoms with Crippen molar-refractivity contribution < 1.29 is 13.2 Å². The van der Waals surface area contributed by atoms with Crippen LogP contribution in [0.25, 0.3) is 0 Å². The van der Waals surface area contributed by atoms with Crippen LogP contribution in [0, 0.1) is 13.8 Å². The van der Waals surface area contributed by atoms with Gasteiger partial charge in [0.1, 0.15) is 18.2 Å². The minimum absolute atomic E-state index is 0.204. The lowest BCUT2D eigenvalue weighted by Crippen LogP contribution is -2.29. The first-order chi connectivity index (χ1) is 10.9. The van der Waals surface area contributed by atoms with Gasteiger partial charge in [-0.25, -0.2) is 13.4 Å². The molecular weight excluding hydrogens is 314 g/mol. The summed E-state index contributed by atoms with van der Waals surface area (Å²) in [5.74, 6) is 0.891. The molecule has 0 spiro atoms. The number of benzene rings is 1. The lowest BCUT2D eigenvalue weighted by molar-refractivity contribution is 0.310. The van der Waals surface area contributed by atoms with Gasteiger partial charge in [0.05, 0.1) is 17.1 Å². The average Bonchev–Trinajstić information content (AvgIpc) is 2.47. The van der Waals surface area contributed by atoms with Crippen LogP contribution in [0.2, 0.25) is 0 Å². The van der Waals surface area contributed by atoms with E-state index < -0.39 is 10.0 Å². The maximum absolute atomic E-state index is 12.7.